The van der Waals surface area contributed by atoms with Crippen molar-refractivity contribution in [2.75, 3.05) is 39.6 Å². The molecule has 0 atom stereocenters. The number of rotatable bonds is 9. The summed E-state index contributed by atoms with van der Waals surface area (Å²) >= 11 is 0. The zero-order valence-corrected chi connectivity index (χ0v) is 12.5. The molecule has 0 fully saturated rings. The van der Waals surface area contributed by atoms with Crippen molar-refractivity contribution in [3.8, 4) is 5.75 Å². The van der Waals surface area contributed by atoms with Crippen LogP contribution in [0.2, 0.25) is 0 Å². The lowest BCUT2D eigenvalue weighted by Gasteiger charge is -2.06. The number of nitrogens with zero attached hydrogens (tertiary/aromatic N) is 2. The molecule has 0 saturated carbocycles. The van der Waals surface area contributed by atoms with E-state index in [1.165, 1.54) is 0 Å². The lowest BCUT2D eigenvalue weighted by atomic mass is 10.4. The third kappa shape index (κ3) is 10.7. The fourth-order valence-corrected chi connectivity index (χ4v) is 1.35. The van der Waals surface area contributed by atoms with E-state index in [2.05, 4.69) is 9.97 Å². The molecule has 0 bridgehead atoms. The third-order valence-electron chi connectivity index (χ3n) is 2.32. The molecule has 2 rings (SSSR count). The zero-order valence-electron chi connectivity index (χ0n) is 12.5. The first-order valence-electron chi connectivity index (χ1n) is 7.07. The fourth-order valence-electron chi connectivity index (χ4n) is 1.35. The van der Waals surface area contributed by atoms with Crippen molar-refractivity contribution in [3.63, 3.8) is 0 Å². The number of aliphatic hydroxyl groups is 1. The number of hydrogen-bond donors (Lipinski definition) is 1. The Morgan fingerprint density at radius 2 is 1.32 bits per heavy atom. The number of aromatic nitrogens is 2. The maximum atomic E-state index is 8.44. The zero-order chi connectivity index (χ0) is 15.7. The van der Waals surface area contributed by atoms with Crippen molar-refractivity contribution in [2.24, 2.45) is 0 Å². The predicted molar refractivity (Wildman–Crippen MR) is 82.7 cm³/mol. The van der Waals surface area contributed by atoms with Crippen LogP contribution in [0.1, 0.15) is 0 Å². The van der Waals surface area contributed by atoms with Gasteiger partial charge in [0.05, 0.1) is 33.0 Å². The molecule has 0 radical (unpaired) electrons. The second kappa shape index (κ2) is 13.9. The van der Waals surface area contributed by atoms with Gasteiger partial charge in [-0.2, -0.15) is 0 Å². The molecule has 2 heterocycles. The summed E-state index contributed by atoms with van der Waals surface area (Å²) in [4.78, 5) is 7.67. The number of pyridine rings is 2. The van der Waals surface area contributed by atoms with E-state index < -0.39 is 0 Å². The molecular weight excluding hydrogens is 284 g/mol. The Labute approximate surface area is 130 Å². The lowest BCUT2D eigenvalue weighted by Crippen LogP contribution is -2.11. The largest absolute Gasteiger partial charge is 0.491 e. The van der Waals surface area contributed by atoms with Crippen molar-refractivity contribution in [1.29, 1.82) is 0 Å². The quantitative estimate of drug-likeness (QED) is 0.709. The molecule has 22 heavy (non-hydrogen) atoms. The van der Waals surface area contributed by atoms with Crippen LogP contribution in [0.3, 0.4) is 0 Å². The van der Waals surface area contributed by atoms with Gasteiger partial charge >= 0.3 is 0 Å². The van der Waals surface area contributed by atoms with Gasteiger partial charge in [0.15, 0.2) is 0 Å². The summed E-state index contributed by atoms with van der Waals surface area (Å²) in [6, 6.07) is 9.31. The molecule has 0 unspecified atom stereocenters. The topological polar surface area (TPSA) is 73.7 Å². The minimum absolute atomic E-state index is 0.0468. The highest BCUT2D eigenvalue weighted by Crippen LogP contribution is 2.05. The van der Waals surface area contributed by atoms with Crippen LogP contribution in [0.4, 0.5) is 0 Å². The lowest BCUT2D eigenvalue weighted by molar-refractivity contribution is 0.0247. The van der Waals surface area contributed by atoms with Crippen LogP contribution in [0.5, 0.6) is 5.75 Å². The van der Waals surface area contributed by atoms with E-state index in [0.717, 1.165) is 5.75 Å². The van der Waals surface area contributed by atoms with Crippen molar-refractivity contribution >= 4 is 0 Å². The second-order valence-corrected chi connectivity index (χ2v) is 4.00. The molecular formula is C16H22N2O4. The van der Waals surface area contributed by atoms with E-state index >= 15 is 0 Å². The summed E-state index contributed by atoms with van der Waals surface area (Å²) in [6.07, 6.45) is 6.86. The predicted octanol–water partition coefficient (Wildman–Crippen LogP) is 1.57. The summed E-state index contributed by atoms with van der Waals surface area (Å²) < 4.78 is 15.7. The minimum atomic E-state index is 0.0468. The Kier molecular flexibility index (Phi) is 11.4. The smallest absolute Gasteiger partial charge is 0.122 e. The monoisotopic (exact) mass is 306 g/mol. The van der Waals surface area contributed by atoms with Crippen molar-refractivity contribution in [1.82, 2.24) is 9.97 Å². The van der Waals surface area contributed by atoms with E-state index in [9.17, 15) is 0 Å². The second-order valence-electron chi connectivity index (χ2n) is 4.00. The van der Waals surface area contributed by atoms with Crippen molar-refractivity contribution in [2.45, 2.75) is 0 Å². The molecule has 2 aromatic rings. The van der Waals surface area contributed by atoms with E-state index in [-0.39, 0.29) is 6.61 Å². The summed E-state index contributed by atoms with van der Waals surface area (Å²) in [5.41, 5.74) is 0. The van der Waals surface area contributed by atoms with E-state index in [1.807, 2.05) is 18.2 Å². The van der Waals surface area contributed by atoms with Crippen molar-refractivity contribution in [3.05, 3.63) is 55.1 Å². The fraction of sp³-hybridized carbons (Fsp3) is 0.375. The highest BCUT2D eigenvalue weighted by atomic mass is 16.5. The maximum Gasteiger partial charge on any atom is 0.122 e. The number of hydrogen-bond acceptors (Lipinski definition) is 6. The SMILES string of the molecule is OCCOCCOCCOc1ccncc1.c1ccncc1. The summed E-state index contributed by atoms with van der Waals surface area (Å²) in [5, 5.41) is 8.44. The first-order valence-corrected chi connectivity index (χ1v) is 7.07. The molecule has 2 aromatic heterocycles. The normalized spacial score (nSPS) is 9.68. The molecule has 0 aliphatic carbocycles. The molecule has 0 aliphatic rings. The van der Waals surface area contributed by atoms with Gasteiger partial charge in [-0.3, -0.25) is 9.97 Å². The van der Waals surface area contributed by atoms with Crippen LogP contribution >= 0.6 is 0 Å². The number of aliphatic hydroxyl groups excluding tert-OH is 1. The summed E-state index contributed by atoms with van der Waals surface area (Å²) in [5.74, 6) is 0.787. The van der Waals surface area contributed by atoms with Gasteiger partial charge in [-0.25, -0.2) is 0 Å². The molecule has 0 aliphatic heterocycles. The Morgan fingerprint density at radius 3 is 1.86 bits per heavy atom. The van der Waals surface area contributed by atoms with Gasteiger partial charge in [0.1, 0.15) is 12.4 Å². The average molecular weight is 306 g/mol. The van der Waals surface area contributed by atoms with Crippen LogP contribution in [0, 0.1) is 0 Å². The minimum Gasteiger partial charge on any atom is -0.491 e. The summed E-state index contributed by atoms with van der Waals surface area (Å²) in [7, 11) is 0. The van der Waals surface area contributed by atoms with Gasteiger partial charge in [-0.15, -0.1) is 0 Å². The molecule has 0 spiro atoms. The van der Waals surface area contributed by atoms with E-state index in [4.69, 9.17) is 19.3 Å². The van der Waals surface area contributed by atoms with Crippen molar-refractivity contribution < 1.29 is 19.3 Å². The van der Waals surface area contributed by atoms with Crippen LogP contribution in [0.25, 0.3) is 0 Å². The number of ether oxygens (including phenoxy) is 3. The maximum absolute atomic E-state index is 8.44. The Balaban J connectivity index is 0.000000335. The third-order valence-corrected chi connectivity index (χ3v) is 2.32. The highest BCUT2D eigenvalue weighted by Gasteiger charge is 1.92. The van der Waals surface area contributed by atoms with Crippen LogP contribution in [0.15, 0.2) is 55.1 Å². The molecule has 6 heteroatoms. The van der Waals surface area contributed by atoms with Gasteiger partial charge in [0, 0.05) is 24.8 Å². The Morgan fingerprint density at radius 1 is 0.727 bits per heavy atom. The van der Waals surface area contributed by atoms with Crippen LogP contribution < -0.4 is 4.74 Å². The van der Waals surface area contributed by atoms with Gasteiger partial charge in [0.25, 0.3) is 0 Å². The van der Waals surface area contributed by atoms with Gasteiger partial charge in [0.2, 0.25) is 0 Å². The average Bonchev–Trinajstić information content (AvgIpc) is 2.60. The highest BCUT2D eigenvalue weighted by molar-refractivity contribution is 5.16. The molecule has 6 nitrogen and oxygen atoms in total. The van der Waals surface area contributed by atoms with Crippen LogP contribution in [-0.2, 0) is 9.47 Å². The van der Waals surface area contributed by atoms with E-state index in [1.54, 1.807) is 36.9 Å². The first-order chi connectivity index (χ1) is 10.9. The molecule has 0 amide bonds. The van der Waals surface area contributed by atoms with Gasteiger partial charge < -0.3 is 19.3 Å². The van der Waals surface area contributed by atoms with E-state index in [0.29, 0.717) is 33.0 Å². The Bertz CT molecular complexity index is 416. The standard InChI is InChI=1S/C11H17NO4.C5H5N/c13-5-6-14-7-8-15-9-10-16-11-1-3-12-4-2-11;1-2-4-6-5-3-1/h1-4,13H,5-10H2;1-5H. The molecule has 0 saturated heterocycles. The molecule has 0 aromatic carbocycles. The van der Waals surface area contributed by atoms with Gasteiger partial charge in [-0.1, -0.05) is 6.07 Å². The first kappa shape index (κ1) is 18.0. The molecule has 120 valence electrons. The molecule has 1 N–H and O–H groups in total. The Hall–Kier alpha value is -2.02. The summed E-state index contributed by atoms with van der Waals surface area (Å²) in [6.45, 7) is 2.44. The van der Waals surface area contributed by atoms with Gasteiger partial charge in [-0.05, 0) is 24.3 Å². The van der Waals surface area contributed by atoms with Crippen LogP contribution in [-0.4, -0.2) is 54.7 Å².